The van der Waals surface area contributed by atoms with Gasteiger partial charge >= 0.3 is 0 Å². The summed E-state index contributed by atoms with van der Waals surface area (Å²) in [5.41, 5.74) is 3.29. The van der Waals surface area contributed by atoms with Gasteiger partial charge in [0.2, 0.25) is 0 Å². The van der Waals surface area contributed by atoms with Crippen molar-refractivity contribution >= 4 is 29.2 Å². The van der Waals surface area contributed by atoms with Crippen molar-refractivity contribution in [2.24, 2.45) is 0 Å². The number of para-hydroxylation sites is 1. The Morgan fingerprint density at radius 1 is 0.750 bits per heavy atom. The van der Waals surface area contributed by atoms with Crippen molar-refractivity contribution in [2.45, 2.75) is 38.1 Å². The molecule has 0 heterocycles. The predicted molar refractivity (Wildman–Crippen MR) is 130 cm³/mol. The van der Waals surface area contributed by atoms with Crippen LogP contribution in [0.4, 0.5) is 5.69 Å². The molecule has 0 aliphatic heterocycles. The Bertz CT molecular complexity index is 1080. The summed E-state index contributed by atoms with van der Waals surface area (Å²) in [6, 6.07) is 26.7. The Morgan fingerprint density at radius 3 is 2.09 bits per heavy atom. The van der Waals surface area contributed by atoms with Gasteiger partial charge < -0.3 is 10.6 Å². The summed E-state index contributed by atoms with van der Waals surface area (Å²) in [6.45, 7) is 0. The van der Waals surface area contributed by atoms with E-state index in [2.05, 4.69) is 10.6 Å². The van der Waals surface area contributed by atoms with E-state index in [0.717, 1.165) is 36.8 Å². The van der Waals surface area contributed by atoms with Crippen LogP contribution in [0.2, 0.25) is 0 Å². The minimum Gasteiger partial charge on any atom is -0.349 e. The van der Waals surface area contributed by atoms with E-state index in [9.17, 15) is 9.59 Å². The van der Waals surface area contributed by atoms with Crippen molar-refractivity contribution in [3.8, 4) is 0 Å². The second kappa shape index (κ2) is 10.6. The van der Waals surface area contributed by atoms with Crippen LogP contribution in [0.25, 0.3) is 11.6 Å². The van der Waals surface area contributed by atoms with Gasteiger partial charge in [-0.3, -0.25) is 9.59 Å². The van der Waals surface area contributed by atoms with Crippen molar-refractivity contribution in [2.75, 3.05) is 5.32 Å². The van der Waals surface area contributed by atoms with Gasteiger partial charge in [0.1, 0.15) is 0 Å². The third-order valence-electron chi connectivity index (χ3n) is 5.80. The minimum absolute atomic E-state index is 0.138. The van der Waals surface area contributed by atoms with Crippen LogP contribution >= 0.6 is 0 Å². The molecule has 0 bridgehead atoms. The lowest BCUT2D eigenvalue weighted by Crippen LogP contribution is -2.36. The topological polar surface area (TPSA) is 58.2 Å². The van der Waals surface area contributed by atoms with Crippen LogP contribution in [0, 0.1) is 0 Å². The number of rotatable bonds is 6. The maximum atomic E-state index is 13.4. The zero-order valence-corrected chi connectivity index (χ0v) is 18.1. The smallest absolute Gasteiger partial charge is 0.256 e. The monoisotopic (exact) mass is 424 g/mol. The van der Waals surface area contributed by atoms with Gasteiger partial charge in [-0.05, 0) is 42.2 Å². The molecule has 162 valence electrons. The van der Waals surface area contributed by atoms with E-state index in [1.54, 1.807) is 12.1 Å². The van der Waals surface area contributed by atoms with Crippen LogP contribution in [0.1, 0.15) is 53.6 Å². The second-order valence-corrected chi connectivity index (χ2v) is 8.14. The molecule has 1 fully saturated rings. The van der Waals surface area contributed by atoms with Gasteiger partial charge in [-0.15, -0.1) is 0 Å². The van der Waals surface area contributed by atoms with E-state index >= 15 is 0 Å². The van der Waals surface area contributed by atoms with Gasteiger partial charge in [0.15, 0.2) is 0 Å². The molecule has 1 aliphatic rings. The summed E-state index contributed by atoms with van der Waals surface area (Å²) in [7, 11) is 0. The molecule has 32 heavy (non-hydrogen) atoms. The van der Waals surface area contributed by atoms with Gasteiger partial charge in [-0.1, -0.05) is 92.1 Å². The fourth-order valence-electron chi connectivity index (χ4n) is 4.10. The Hall–Kier alpha value is -3.66. The number of hydrogen-bond acceptors (Lipinski definition) is 2. The largest absolute Gasteiger partial charge is 0.349 e. The highest BCUT2D eigenvalue weighted by atomic mass is 16.2. The summed E-state index contributed by atoms with van der Waals surface area (Å²) in [4.78, 5) is 26.3. The molecule has 1 saturated carbocycles. The van der Waals surface area contributed by atoms with Crippen LogP contribution in [-0.4, -0.2) is 17.9 Å². The van der Waals surface area contributed by atoms with Crippen LogP contribution in [0.5, 0.6) is 0 Å². The average molecular weight is 425 g/mol. The van der Waals surface area contributed by atoms with E-state index in [1.807, 2.05) is 78.9 Å². The first-order valence-electron chi connectivity index (χ1n) is 11.2. The molecule has 3 aromatic carbocycles. The third-order valence-corrected chi connectivity index (χ3v) is 5.80. The first-order chi connectivity index (χ1) is 15.7. The average Bonchev–Trinajstić information content (AvgIpc) is 2.84. The van der Waals surface area contributed by atoms with E-state index in [1.165, 1.54) is 6.42 Å². The number of carbonyl (C=O) groups is 2. The lowest BCUT2D eigenvalue weighted by molar-refractivity contribution is -0.111. The molecule has 0 aromatic heterocycles. The number of benzene rings is 3. The minimum atomic E-state index is -0.252. The van der Waals surface area contributed by atoms with Gasteiger partial charge in [0.05, 0.1) is 11.3 Å². The first kappa shape index (κ1) is 21.6. The highest BCUT2D eigenvalue weighted by molar-refractivity contribution is 6.29. The third kappa shape index (κ3) is 5.52. The molecule has 4 rings (SSSR count). The molecule has 1 aliphatic carbocycles. The first-order valence-corrected chi connectivity index (χ1v) is 11.2. The summed E-state index contributed by atoms with van der Waals surface area (Å²) < 4.78 is 0. The Labute approximate surface area is 189 Å². The van der Waals surface area contributed by atoms with Crippen molar-refractivity contribution in [3.63, 3.8) is 0 Å². The normalized spacial score (nSPS) is 14.6. The van der Waals surface area contributed by atoms with E-state index < -0.39 is 0 Å². The molecular weight excluding hydrogens is 396 g/mol. The molecule has 4 heteroatoms. The summed E-state index contributed by atoms with van der Waals surface area (Å²) in [6.07, 6.45) is 7.42. The Kier molecular flexibility index (Phi) is 7.13. The molecule has 0 saturated heterocycles. The van der Waals surface area contributed by atoms with Crippen molar-refractivity contribution in [1.29, 1.82) is 0 Å². The molecule has 3 aromatic rings. The predicted octanol–water partition coefficient (Wildman–Crippen LogP) is 5.93. The molecular formula is C28H28N2O2. The van der Waals surface area contributed by atoms with Crippen LogP contribution in [0.3, 0.4) is 0 Å². The SMILES string of the molecule is O=C(Nc1ccccc1C(=O)NC1CCCCC1)/C(=C\c1ccccc1)c1ccccc1. The quantitative estimate of drug-likeness (QED) is 0.381. The fourth-order valence-corrected chi connectivity index (χ4v) is 4.10. The Balaban J connectivity index is 1.59. The van der Waals surface area contributed by atoms with Gasteiger partial charge in [0, 0.05) is 11.6 Å². The molecule has 0 radical (unpaired) electrons. The fraction of sp³-hybridized carbons (Fsp3) is 0.214. The summed E-state index contributed by atoms with van der Waals surface area (Å²) in [5, 5.41) is 6.12. The van der Waals surface area contributed by atoms with Gasteiger partial charge in [-0.2, -0.15) is 0 Å². The summed E-state index contributed by atoms with van der Waals surface area (Å²) in [5.74, 6) is -0.390. The van der Waals surface area contributed by atoms with Crippen LogP contribution in [-0.2, 0) is 4.79 Å². The standard InChI is InChI=1S/C28H28N2O2/c31-27(29-23-16-8-3-9-17-23)24-18-10-11-19-26(24)30-28(32)25(22-14-6-2-7-15-22)20-21-12-4-1-5-13-21/h1-2,4-7,10-15,18-20,23H,3,8-9,16-17H2,(H,29,31)(H,30,32)/b25-20-. The highest BCUT2D eigenvalue weighted by Gasteiger charge is 2.20. The van der Waals surface area contributed by atoms with Gasteiger partial charge in [-0.25, -0.2) is 0 Å². The Morgan fingerprint density at radius 2 is 1.38 bits per heavy atom. The van der Waals surface area contributed by atoms with Crippen molar-refractivity contribution in [1.82, 2.24) is 5.32 Å². The van der Waals surface area contributed by atoms with E-state index in [4.69, 9.17) is 0 Å². The second-order valence-electron chi connectivity index (χ2n) is 8.14. The van der Waals surface area contributed by atoms with E-state index in [-0.39, 0.29) is 17.9 Å². The van der Waals surface area contributed by atoms with Crippen LogP contribution in [0.15, 0.2) is 84.9 Å². The zero-order valence-electron chi connectivity index (χ0n) is 18.1. The summed E-state index contributed by atoms with van der Waals surface area (Å²) >= 11 is 0. The molecule has 0 spiro atoms. The number of anilines is 1. The lowest BCUT2D eigenvalue weighted by atomic mass is 9.95. The molecule has 2 amide bonds. The maximum Gasteiger partial charge on any atom is 0.256 e. The number of amides is 2. The number of hydrogen-bond donors (Lipinski definition) is 2. The van der Waals surface area contributed by atoms with E-state index in [0.29, 0.717) is 16.8 Å². The molecule has 2 N–H and O–H groups in total. The molecule has 4 nitrogen and oxygen atoms in total. The van der Waals surface area contributed by atoms with Crippen molar-refractivity contribution < 1.29 is 9.59 Å². The lowest BCUT2D eigenvalue weighted by Gasteiger charge is -2.23. The zero-order chi connectivity index (χ0) is 22.2. The number of nitrogens with one attached hydrogen (secondary N) is 2. The molecule has 0 atom stereocenters. The van der Waals surface area contributed by atoms with Gasteiger partial charge in [0.25, 0.3) is 11.8 Å². The molecule has 0 unspecified atom stereocenters. The number of carbonyl (C=O) groups excluding carboxylic acids is 2. The van der Waals surface area contributed by atoms with Crippen LogP contribution < -0.4 is 10.6 Å². The van der Waals surface area contributed by atoms with Crippen molar-refractivity contribution in [3.05, 3.63) is 102 Å². The highest BCUT2D eigenvalue weighted by Crippen LogP contribution is 2.23. The maximum absolute atomic E-state index is 13.4.